The monoisotopic (exact) mass is 350 g/mol. The Bertz CT molecular complexity index is 747. The standard InChI is InChI=1S/C18H26N2O5/c1-12-9-14(21)20(10-13(12)15(22)24-6)18(5)7-8-19(11-18)16(23)25-17(2,3)4/h9-10H,7-8,11H2,1-6H3. The van der Waals surface area contributed by atoms with Gasteiger partial charge in [-0.15, -0.1) is 0 Å². The minimum atomic E-state index is -0.607. The third-order valence-electron chi connectivity index (χ3n) is 4.35. The highest BCUT2D eigenvalue weighted by Crippen LogP contribution is 2.29. The van der Waals surface area contributed by atoms with Crippen LogP contribution in [-0.2, 0) is 15.0 Å². The van der Waals surface area contributed by atoms with Crippen molar-refractivity contribution in [3.8, 4) is 0 Å². The van der Waals surface area contributed by atoms with E-state index < -0.39 is 23.2 Å². The number of likely N-dealkylation sites (tertiary alicyclic amines) is 1. The maximum atomic E-state index is 12.5. The van der Waals surface area contributed by atoms with Crippen LogP contribution in [0.3, 0.4) is 0 Å². The van der Waals surface area contributed by atoms with Crippen molar-refractivity contribution in [3.63, 3.8) is 0 Å². The fourth-order valence-corrected chi connectivity index (χ4v) is 3.00. The van der Waals surface area contributed by atoms with Crippen LogP contribution in [0.5, 0.6) is 0 Å². The van der Waals surface area contributed by atoms with Crippen LogP contribution in [0.2, 0.25) is 0 Å². The molecule has 0 aliphatic carbocycles. The number of carbonyl (C=O) groups is 2. The minimum Gasteiger partial charge on any atom is -0.465 e. The molecule has 0 N–H and O–H groups in total. The molecule has 2 rings (SSSR count). The lowest BCUT2D eigenvalue weighted by molar-refractivity contribution is 0.0276. The van der Waals surface area contributed by atoms with E-state index in [1.54, 1.807) is 11.8 Å². The van der Waals surface area contributed by atoms with Crippen LogP contribution >= 0.6 is 0 Å². The van der Waals surface area contributed by atoms with E-state index in [1.165, 1.54) is 23.9 Å². The molecule has 7 heteroatoms. The highest BCUT2D eigenvalue weighted by molar-refractivity contribution is 5.90. The number of aromatic nitrogens is 1. The van der Waals surface area contributed by atoms with E-state index in [1.807, 2.05) is 27.7 Å². The molecule has 0 spiro atoms. The second-order valence-electron chi connectivity index (χ2n) is 7.72. The van der Waals surface area contributed by atoms with Gasteiger partial charge in [-0.05, 0) is 46.6 Å². The Labute approximate surface area is 147 Å². The number of nitrogens with zero attached hydrogens (tertiary/aromatic N) is 2. The first-order valence-corrected chi connectivity index (χ1v) is 8.27. The molecule has 25 heavy (non-hydrogen) atoms. The van der Waals surface area contributed by atoms with Gasteiger partial charge in [-0.3, -0.25) is 4.79 Å². The van der Waals surface area contributed by atoms with E-state index in [4.69, 9.17) is 9.47 Å². The summed E-state index contributed by atoms with van der Waals surface area (Å²) in [6.07, 6.45) is 1.72. The predicted molar refractivity (Wildman–Crippen MR) is 92.9 cm³/mol. The van der Waals surface area contributed by atoms with Crippen LogP contribution in [0.1, 0.15) is 50.0 Å². The molecule has 1 atom stereocenters. The Kier molecular flexibility index (Phi) is 4.97. The lowest BCUT2D eigenvalue weighted by atomic mass is 10.00. The Balaban J connectivity index is 2.31. The van der Waals surface area contributed by atoms with Gasteiger partial charge in [0, 0.05) is 25.4 Å². The molecule has 1 unspecified atom stereocenters. The van der Waals surface area contributed by atoms with Gasteiger partial charge < -0.3 is 18.9 Å². The summed E-state index contributed by atoms with van der Waals surface area (Å²) >= 11 is 0. The van der Waals surface area contributed by atoms with Gasteiger partial charge in [0.2, 0.25) is 0 Å². The van der Waals surface area contributed by atoms with E-state index in [-0.39, 0.29) is 5.56 Å². The summed E-state index contributed by atoms with van der Waals surface area (Å²) in [5, 5.41) is 0. The number of methoxy groups -OCH3 is 1. The van der Waals surface area contributed by atoms with Crippen LogP contribution in [-0.4, -0.2) is 47.3 Å². The van der Waals surface area contributed by atoms with E-state index in [0.29, 0.717) is 30.6 Å². The second kappa shape index (κ2) is 6.54. The largest absolute Gasteiger partial charge is 0.465 e. The van der Waals surface area contributed by atoms with Crippen LogP contribution in [0, 0.1) is 6.92 Å². The molecule has 1 aromatic heterocycles. The molecular formula is C18H26N2O5. The molecular weight excluding hydrogens is 324 g/mol. The van der Waals surface area contributed by atoms with Crippen molar-refractivity contribution in [3.05, 3.63) is 33.7 Å². The predicted octanol–water partition coefficient (Wildman–Crippen LogP) is 2.30. The van der Waals surface area contributed by atoms with Gasteiger partial charge >= 0.3 is 12.1 Å². The number of rotatable bonds is 2. The summed E-state index contributed by atoms with van der Waals surface area (Å²) in [5.74, 6) is -0.489. The fourth-order valence-electron chi connectivity index (χ4n) is 3.00. The Morgan fingerprint density at radius 3 is 2.48 bits per heavy atom. The van der Waals surface area contributed by atoms with Crippen molar-refractivity contribution in [1.82, 2.24) is 9.47 Å². The van der Waals surface area contributed by atoms with Gasteiger partial charge in [-0.2, -0.15) is 0 Å². The van der Waals surface area contributed by atoms with Gasteiger partial charge in [0.15, 0.2) is 0 Å². The summed E-state index contributed by atoms with van der Waals surface area (Å²) in [7, 11) is 1.30. The van der Waals surface area contributed by atoms with Crippen molar-refractivity contribution in [2.24, 2.45) is 0 Å². The lowest BCUT2D eigenvalue weighted by Crippen LogP contribution is -2.43. The van der Waals surface area contributed by atoms with Crippen LogP contribution < -0.4 is 5.56 Å². The molecule has 0 bridgehead atoms. The maximum absolute atomic E-state index is 12.5. The van der Waals surface area contributed by atoms with E-state index >= 15 is 0 Å². The first-order valence-electron chi connectivity index (χ1n) is 8.27. The van der Waals surface area contributed by atoms with Gasteiger partial charge in [0.1, 0.15) is 5.60 Å². The molecule has 1 aromatic rings. The molecule has 1 saturated heterocycles. The molecule has 7 nitrogen and oxygen atoms in total. The number of hydrogen-bond acceptors (Lipinski definition) is 5. The molecule has 1 aliphatic heterocycles. The van der Waals surface area contributed by atoms with Crippen molar-refractivity contribution < 1.29 is 19.1 Å². The van der Waals surface area contributed by atoms with E-state index in [0.717, 1.165) is 0 Å². The van der Waals surface area contributed by atoms with Crippen molar-refractivity contribution in [1.29, 1.82) is 0 Å². The van der Waals surface area contributed by atoms with Crippen molar-refractivity contribution in [2.75, 3.05) is 20.2 Å². The third-order valence-corrected chi connectivity index (χ3v) is 4.35. The summed E-state index contributed by atoms with van der Waals surface area (Å²) in [5.41, 5.74) is -0.476. The number of hydrogen-bond donors (Lipinski definition) is 0. The number of carbonyl (C=O) groups excluding carboxylic acids is 2. The first kappa shape index (κ1) is 19.0. The molecule has 1 fully saturated rings. The number of aryl methyl sites for hydroxylation is 1. The summed E-state index contributed by atoms with van der Waals surface area (Å²) in [6, 6.07) is 1.42. The van der Waals surface area contributed by atoms with Gasteiger partial charge in [-0.25, -0.2) is 9.59 Å². The molecule has 0 saturated carbocycles. The van der Waals surface area contributed by atoms with Gasteiger partial charge in [0.05, 0.1) is 18.2 Å². The van der Waals surface area contributed by atoms with Crippen LogP contribution in [0.4, 0.5) is 4.79 Å². The van der Waals surface area contributed by atoms with Crippen LogP contribution in [0.15, 0.2) is 17.1 Å². The normalized spacial score (nSPS) is 20.5. The molecule has 0 radical (unpaired) electrons. The molecule has 2 heterocycles. The molecule has 138 valence electrons. The zero-order valence-corrected chi connectivity index (χ0v) is 15.7. The average molecular weight is 350 g/mol. The van der Waals surface area contributed by atoms with Crippen LogP contribution in [0.25, 0.3) is 0 Å². The zero-order chi connectivity index (χ0) is 19.0. The number of pyridine rings is 1. The topological polar surface area (TPSA) is 77.8 Å². The lowest BCUT2D eigenvalue weighted by Gasteiger charge is -2.29. The quantitative estimate of drug-likeness (QED) is 0.765. The Morgan fingerprint density at radius 2 is 1.92 bits per heavy atom. The van der Waals surface area contributed by atoms with E-state index in [2.05, 4.69) is 0 Å². The number of esters is 1. The SMILES string of the molecule is COC(=O)c1cn(C2(C)CCN(C(=O)OC(C)(C)C)C2)c(=O)cc1C. The minimum absolute atomic E-state index is 0.210. The summed E-state index contributed by atoms with van der Waals surface area (Å²) in [6.45, 7) is 9.86. The molecule has 0 aromatic carbocycles. The fraction of sp³-hybridized carbons (Fsp3) is 0.611. The second-order valence-corrected chi connectivity index (χ2v) is 7.72. The smallest absolute Gasteiger partial charge is 0.410 e. The summed E-state index contributed by atoms with van der Waals surface area (Å²) < 4.78 is 11.7. The average Bonchev–Trinajstić information content (AvgIpc) is 2.88. The Hall–Kier alpha value is -2.31. The number of amides is 1. The first-order chi connectivity index (χ1) is 11.5. The zero-order valence-electron chi connectivity index (χ0n) is 15.7. The molecule has 1 aliphatic rings. The highest BCUT2D eigenvalue weighted by atomic mass is 16.6. The van der Waals surface area contributed by atoms with Gasteiger partial charge in [-0.1, -0.05) is 0 Å². The third kappa shape index (κ3) is 4.03. The van der Waals surface area contributed by atoms with Gasteiger partial charge in [0.25, 0.3) is 5.56 Å². The number of ether oxygens (including phenoxy) is 2. The summed E-state index contributed by atoms with van der Waals surface area (Å²) in [4.78, 5) is 38.3. The highest BCUT2D eigenvalue weighted by Gasteiger charge is 2.40. The maximum Gasteiger partial charge on any atom is 0.410 e. The van der Waals surface area contributed by atoms with Crippen molar-refractivity contribution in [2.45, 2.75) is 52.2 Å². The van der Waals surface area contributed by atoms with E-state index in [9.17, 15) is 14.4 Å². The molecule has 1 amide bonds. The van der Waals surface area contributed by atoms with Crippen molar-refractivity contribution >= 4 is 12.1 Å². The Morgan fingerprint density at radius 1 is 1.28 bits per heavy atom.